The molecule has 106 valence electrons. The zero-order chi connectivity index (χ0) is 13.9. The third-order valence-corrected chi connectivity index (χ3v) is 5.86. The Morgan fingerprint density at radius 1 is 1.63 bits per heavy atom. The van der Waals surface area contributed by atoms with E-state index in [0.29, 0.717) is 5.25 Å². The van der Waals surface area contributed by atoms with Crippen LogP contribution in [0.1, 0.15) is 39.5 Å². The number of carbonyl (C=O) groups is 1. The number of carbonyl (C=O) groups excluding carboxylic acids is 1. The number of amides is 1. The molecule has 2 unspecified atom stereocenters. The van der Waals surface area contributed by atoms with Crippen LogP contribution in [0.3, 0.4) is 0 Å². The standard InChI is InChI=1S/C14H22N2OS2/c1-10(2)16-14(13(15)17)7-3-5-11(9-14)19-12-6-4-8-18-12/h4,6,8,10-11,16H,3,5,7,9H2,1-2H3,(H2,15,17). The smallest absolute Gasteiger partial charge is 0.237 e. The number of hydrogen-bond acceptors (Lipinski definition) is 4. The lowest BCUT2D eigenvalue weighted by Crippen LogP contribution is -2.60. The van der Waals surface area contributed by atoms with E-state index in [-0.39, 0.29) is 11.9 Å². The van der Waals surface area contributed by atoms with Crippen molar-refractivity contribution >= 4 is 29.0 Å². The molecule has 1 heterocycles. The normalized spacial score (nSPS) is 27.6. The fraction of sp³-hybridized carbons (Fsp3) is 0.643. The Bertz CT molecular complexity index is 419. The first kappa shape index (κ1) is 14.9. The second-order valence-corrected chi connectivity index (χ2v) is 8.06. The van der Waals surface area contributed by atoms with E-state index in [4.69, 9.17) is 5.73 Å². The number of nitrogens with two attached hydrogens (primary N) is 1. The molecular formula is C14H22N2OS2. The lowest BCUT2D eigenvalue weighted by atomic mass is 9.80. The Hall–Kier alpha value is -0.520. The molecule has 1 aromatic heterocycles. The zero-order valence-corrected chi connectivity index (χ0v) is 13.2. The van der Waals surface area contributed by atoms with E-state index in [1.807, 2.05) is 11.8 Å². The average molecular weight is 298 g/mol. The van der Waals surface area contributed by atoms with E-state index >= 15 is 0 Å². The number of thioether (sulfide) groups is 1. The summed E-state index contributed by atoms with van der Waals surface area (Å²) in [6.07, 6.45) is 3.92. The molecule has 2 atom stereocenters. The molecule has 0 aliphatic heterocycles. The monoisotopic (exact) mass is 298 g/mol. The van der Waals surface area contributed by atoms with Gasteiger partial charge in [0.2, 0.25) is 5.91 Å². The molecule has 1 fully saturated rings. The quantitative estimate of drug-likeness (QED) is 0.878. The molecule has 0 bridgehead atoms. The summed E-state index contributed by atoms with van der Waals surface area (Å²) in [5.74, 6) is -0.197. The summed E-state index contributed by atoms with van der Waals surface area (Å²) in [5.41, 5.74) is 5.17. The van der Waals surface area contributed by atoms with E-state index in [1.165, 1.54) is 4.21 Å². The van der Waals surface area contributed by atoms with Crippen molar-refractivity contribution in [2.75, 3.05) is 0 Å². The van der Waals surface area contributed by atoms with Gasteiger partial charge in [-0.05, 0) is 51.0 Å². The molecule has 2 rings (SSSR count). The van der Waals surface area contributed by atoms with E-state index in [2.05, 4.69) is 36.7 Å². The molecule has 0 saturated heterocycles. The van der Waals surface area contributed by atoms with E-state index in [1.54, 1.807) is 11.3 Å². The Morgan fingerprint density at radius 3 is 3.00 bits per heavy atom. The number of thiophene rings is 1. The Kier molecular flexibility index (Phi) is 4.92. The largest absolute Gasteiger partial charge is 0.368 e. The number of rotatable bonds is 5. The summed E-state index contributed by atoms with van der Waals surface area (Å²) < 4.78 is 1.33. The second kappa shape index (κ2) is 6.29. The van der Waals surface area contributed by atoms with E-state index in [0.717, 1.165) is 25.7 Å². The molecule has 1 saturated carbocycles. The number of hydrogen-bond donors (Lipinski definition) is 2. The van der Waals surface area contributed by atoms with Crippen LogP contribution in [0.2, 0.25) is 0 Å². The lowest BCUT2D eigenvalue weighted by molar-refractivity contribution is -0.126. The summed E-state index contributed by atoms with van der Waals surface area (Å²) in [5, 5.41) is 5.99. The van der Waals surface area contributed by atoms with Crippen molar-refractivity contribution in [3.05, 3.63) is 17.5 Å². The minimum absolute atomic E-state index is 0.197. The fourth-order valence-electron chi connectivity index (χ4n) is 2.80. The predicted octanol–water partition coefficient (Wildman–Crippen LogP) is 3.00. The van der Waals surface area contributed by atoms with Gasteiger partial charge in [-0.2, -0.15) is 0 Å². The molecule has 0 spiro atoms. The first-order valence-electron chi connectivity index (χ1n) is 6.79. The van der Waals surface area contributed by atoms with E-state index < -0.39 is 5.54 Å². The molecule has 5 heteroatoms. The zero-order valence-electron chi connectivity index (χ0n) is 11.5. The average Bonchev–Trinajstić information content (AvgIpc) is 2.81. The van der Waals surface area contributed by atoms with Crippen LogP contribution < -0.4 is 11.1 Å². The molecule has 1 aliphatic carbocycles. The van der Waals surface area contributed by atoms with Crippen LogP contribution in [0.25, 0.3) is 0 Å². The highest BCUT2D eigenvalue weighted by atomic mass is 32.2. The van der Waals surface area contributed by atoms with Crippen LogP contribution in [0.5, 0.6) is 0 Å². The molecule has 3 N–H and O–H groups in total. The molecule has 0 aromatic carbocycles. The SMILES string of the molecule is CC(C)NC1(C(N)=O)CCCC(Sc2cccs2)C1. The maximum Gasteiger partial charge on any atom is 0.237 e. The van der Waals surface area contributed by atoms with Crippen molar-refractivity contribution in [3.8, 4) is 0 Å². The van der Waals surface area contributed by atoms with Crippen LogP contribution in [0.15, 0.2) is 21.7 Å². The first-order valence-corrected chi connectivity index (χ1v) is 8.55. The molecular weight excluding hydrogens is 276 g/mol. The Labute approximate surface area is 123 Å². The maximum absolute atomic E-state index is 11.9. The third-order valence-electron chi connectivity index (χ3n) is 3.52. The maximum atomic E-state index is 11.9. The minimum Gasteiger partial charge on any atom is -0.368 e. The molecule has 0 radical (unpaired) electrons. The summed E-state index contributed by atoms with van der Waals surface area (Å²) in [6.45, 7) is 4.14. The minimum atomic E-state index is -0.513. The molecule has 1 amide bonds. The lowest BCUT2D eigenvalue weighted by Gasteiger charge is -2.40. The van der Waals surface area contributed by atoms with E-state index in [9.17, 15) is 4.79 Å². The highest BCUT2D eigenvalue weighted by Crippen LogP contribution is 2.39. The van der Waals surface area contributed by atoms with Gasteiger partial charge in [0.1, 0.15) is 0 Å². The van der Waals surface area contributed by atoms with Crippen molar-refractivity contribution in [1.29, 1.82) is 0 Å². The Balaban J connectivity index is 2.06. The van der Waals surface area contributed by atoms with Gasteiger partial charge in [0.25, 0.3) is 0 Å². The first-order chi connectivity index (χ1) is 9.02. The summed E-state index contributed by atoms with van der Waals surface area (Å²) in [7, 11) is 0. The predicted molar refractivity (Wildman–Crippen MR) is 82.6 cm³/mol. The van der Waals surface area contributed by atoms with Crippen LogP contribution in [0, 0.1) is 0 Å². The van der Waals surface area contributed by atoms with Gasteiger partial charge in [-0.25, -0.2) is 0 Å². The third kappa shape index (κ3) is 3.74. The van der Waals surface area contributed by atoms with Gasteiger partial charge in [0.15, 0.2) is 0 Å². The van der Waals surface area contributed by atoms with Gasteiger partial charge < -0.3 is 11.1 Å². The molecule has 3 nitrogen and oxygen atoms in total. The van der Waals surface area contributed by atoms with Crippen LogP contribution in [-0.2, 0) is 4.79 Å². The fourth-order valence-corrected chi connectivity index (χ4v) is 5.18. The molecule has 1 aromatic rings. The number of nitrogens with one attached hydrogen (secondary N) is 1. The van der Waals surface area contributed by atoms with Crippen LogP contribution in [-0.4, -0.2) is 22.7 Å². The highest BCUT2D eigenvalue weighted by Gasteiger charge is 2.41. The van der Waals surface area contributed by atoms with Gasteiger partial charge in [-0.1, -0.05) is 6.07 Å². The van der Waals surface area contributed by atoms with Gasteiger partial charge in [0.05, 0.1) is 9.75 Å². The van der Waals surface area contributed by atoms with Crippen molar-refractivity contribution in [1.82, 2.24) is 5.32 Å². The Morgan fingerprint density at radius 2 is 2.42 bits per heavy atom. The van der Waals surface area contributed by atoms with Crippen molar-refractivity contribution in [3.63, 3.8) is 0 Å². The second-order valence-electron chi connectivity index (χ2n) is 5.51. The van der Waals surface area contributed by atoms with Crippen molar-refractivity contribution < 1.29 is 4.79 Å². The van der Waals surface area contributed by atoms with Crippen molar-refractivity contribution in [2.45, 2.75) is 60.6 Å². The van der Waals surface area contributed by atoms with Crippen LogP contribution in [0.4, 0.5) is 0 Å². The topological polar surface area (TPSA) is 55.1 Å². The summed E-state index contributed by atoms with van der Waals surface area (Å²) >= 11 is 3.65. The molecule has 19 heavy (non-hydrogen) atoms. The van der Waals surface area contributed by atoms with Gasteiger partial charge >= 0.3 is 0 Å². The van der Waals surface area contributed by atoms with Crippen molar-refractivity contribution in [2.24, 2.45) is 5.73 Å². The summed E-state index contributed by atoms with van der Waals surface area (Å²) in [4.78, 5) is 11.9. The summed E-state index contributed by atoms with van der Waals surface area (Å²) in [6, 6.07) is 4.49. The molecule has 1 aliphatic rings. The van der Waals surface area contributed by atoms with Gasteiger partial charge in [0, 0.05) is 11.3 Å². The number of primary amides is 1. The van der Waals surface area contributed by atoms with Gasteiger partial charge in [-0.3, -0.25) is 4.79 Å². The van der Waals surface area contributed by atoms with Crippen LogP contribution >= 0.6 is 23.1 Å². The highest BCUT2D eigenvalue weighted by molar-refractivity contribution is 8.01. The van der Waals surface area contributed by atoms with Gasteiger partial charge in [-0.15, -0.1) is 23.1 Å².